The van der Waals surface area contributed by atoms with Crippen LogP contribution < -0.4 is 4.74 Å². The van der Waals surface area contributed by atoms with Gasteiger partial charge in [-0.3, -0.25) is 0 Å². The average molecular weight is 236 g/mol. The average Bonchev–Trinajstić information content (AvgIpc) is 2.36. The lowest BCUT2D eigenvalue weighted by molar-refractivity contribution is 0.298. The second-order valence-corrected chi connectivity index (χ2v) is 4.38. The van der Waals surface area contributed by atoms with Gasteiger partial charge in [0.1, 0.15) is 5.75 Å². The molecule has 0 spiro atoms. The van der Waals surface area contributed by atoms with Crippen molar-refractivity contribution in [2.75, 3.05) is 13.2 Å². The van der Waals surface area contributed by atoms with Crippen LogP contribution in [0.3, 0.4) is 0 Å². The maximum Gasteiger partial charge on any atom is 0.119 e. The van der Waals surface area contributed by atoms with Crippen molar-refractivity contribution in [2.45, 2.75) is 45.4 Å². The summed E-state index contributed by atoms with van der Waals surface area (Å²) in [5.41, 5.74) is 1.16. The molecule has 0 unspecified atom stereocenters. The molecule has 2 nitrogen and oxygen atoms in total. The zero-order valence-corrected chi connectivity index (χ0v) is 10.8. The number of hydrogen-bond donors (Lipinski definition) is 1. The highest BCUT2D eigenvalue weighted by Crippen LogP contribution is 2.13. The Kier molecular flexibility index (Phi) is 7.48. The smallest absolute Gasteiger partial charge is 0.119 e. The van der Waals surface area contributed by atoms with E-state index in [1.807, 2.05) is 24.3 Å². The van der Waals surface area contributed by atoms with Crippen molar-refractivity contribution < 1.29 is 9.84 Å². The molecule has 96 valence electrons. The Morgan fingerprint density at radius 2 is 1.71 bits per heavy atom. The van der Waals surface area contributed by atoms with Crippen molar-refractivity contribution in [1.82, 2.24) is 0 Å². The van der Waals surface area contributed by atoms with Crippen LogP contribution in [0, 0.1) is 0 Å². The molecule has 0 aliphatic rings. The molecular weight excluding hydrogens is 212 g/mol. The minimum atomic E-state index is 0.206. The molecule has 0 atom stereocenters. The zero-order valence-electron chi connectivity index (χ0n) is 10.8. The van der Waals surface area contributed by atoms with Gasteiger partial charge in [0.15, 0.2) is 0 Å². The van der Waals surface area contributed by atoms with Crippen molar-refractivity contribution in [3.8, 4) is 5.75 Å². The number of ether oxygens (including phenoxy) is 1. The Labute approximate surface area is 105 Å². The van der Waals surface area contributed by atoms with Crippen molar-refractivity contribution in [2.24, 2.45) is 0 Å². The van der Waals surface area contributed by atoms with Gasteiger partial charge < -0.3 is 9.84 Å². The third-order valence-electron chi connectivity index (χ3n) is 2.84. The van der Waals surface area contributed by atoms with Gasteiger partial charge in [0.05, 0.1) is 6.61 Å². The summed E-state index contributed by atoms with van der Waals surface area (Å²) in [7, 11) is 0. The van der Waals surface area contributed by atoms with Gasteiger partial charge in [-0.1, -0.05) is 44.7 Å². The normalized spacial score (nSPS) is 10.5. The summed E-state index contributed by atoms with van der Waals surface area (Å²) < 4.78 is 5.66. The third-order valence-corrected chi connectivity index (χ3v) is 2.84. The van der Waals surface area contributed by atoms with E-state index in [9.17, 15) is 0 Å². The van der Waals surface area contributed by atoms with E-state index in [0.717, 1.165) is 30.8 Å². The van der Waals surface area contributed by atoms with Crippen LogP contribution in [0.2, 0.25) is 0 Å². The van der Waals surface area contributed by atoms with Crippen molar-refractivity contribution in [1.29, 1.82) is 0 Å². The first-order chi connectivity index (χ1) is 8.36. The summed E-state index contributed by atoms with van der Waals surface area (Å²) in [5.74, 6) is 0.933. The van der Waals surface area contributed by atoms with Gasteiger partial charge >= 0.3 is 0 Å². The van der Waals surface area contributed by atoms with E-state index in [1.165, 1.54) is 25.7 Å². The van der Waals surface area contributed by atoms with Crippen LogP contribution in [0.5, 0.6) is 5.75 Å². The Hall–Kier alpha value is -1.02. The van der Waals surface area contributed by atoms with Crippen LogP contribution in [0.25, 0.3) is 0 Å². The minimum absolute atomic E-state index is 0.206. The lowest BCUT2D eigenvalue weighted by Gasteiger charge is -2.06. The van der Waals surface area contributed by atoms with E-state index in [1.54, 1.807) is 0 Å². The fourth-order valence-electron chi connectivity index (χ4n) is 1.78. The predicted molar refractivity (Wildman–Crippen MR) is 71.5 cm³/mol. The van der Waals surface area contributed by atoms with E-state index in [4.69, 9.17) is 9.84 Å². The Bertz CT molecular complexity index is 279. The highest BCUT2D eigenvalue weighted by molar-refractivity contribution is 5.27. The maximum absolute atomic E-state index is 8.80. The minimum Gasteiger partial charge on any atom is -0.494 e. The Balaban J connectivity index is 2.14. The highest BCUT2D eigenvalue weighted by Gasteiger charge is 1.95. The van der Waals surface area contributed by atoms with Gasteiger partial charge in [0.25, 0.3) is 0 Å². The summed E-state index contributed by atoms with van der Waals surface area (Å²) in [6, 6.07) is 8.00. The first kappa shape index (κ1) is 14.0. The molecule has 0 radical (unpaired) electrons. The lowest BCUT2D eigenvalue weighted by Crippen LogP contribution is -1.97. The molecule has 1 aromatic carbocycles. The van der Waals surface area contributed by atoms with Crippen LogP contribution in [-0.2, 0) is 6.42 Å². The van der Waals surface area contributed by atoms with Crippen LogP contribution in [0.15, 0.2) is 24.3 Å². The molecule has 0 heterocycles. The molecule has 0 amide bonds. The lowest BCUT2D eigenvalue weighted by atomic mass is 10.1. The molecule has 0 aliphatic heterocycles. The molecule has 0 saturated heterocycles. The van der Waals surface area contributed by atoms with E-state index in [2.05, 4.69) is 6.92 Å². The summed E-state index contributed by atoms with van der Waals surface area (Å²) in [6.45, 7) is 3.24. The topological polar surface area (TPSA) is 29.5 Å². The molecule has 1 N–H and O–H groups in total. The number of rotatable bonds is 9. The standard InChI is InChI=1S/C15H24O2/c1-2-3-4-5-6-13-17-15-9-7-14(8-10-15)11-12-16/h7-10,16H,2-6,11-13H2,1H3. The predicted octanol–water partition coefficient (Wildman–Crippen LogP) is 3.57. The van der Waals surface area contributed by atoms with E-state index < -0.39 is 0 Å². The molecule has 0 bridgehead atoms. The Morgan fingerprint density at radius 3 is 2.35 bits per heavy atom. The van der Waals surface area contributed by atoms with Crippen LogP contribution in [-0.4, -0.2) is 18.3 Å². The van der Waals surface area contributed by atoms with Gasteiger partial charge in [-0.25, -0.2) is 0 Å². The third kappa shape index (κ3) is 6.32. The SMILES string of the molecule is CCCCCCCOc1ccc(CCO)cc1. The number of aliphatic hydroxyl groups is 1. The Morgan fingerprint density at radius 1 is 1.00 bits per heavy atom. The number of unbranched alkanes of at least 4 members (excludes halogenated alkanes) is 4. The molecule has 0 aromatic heterocycles. The second kappa shape index (κ2) is 9.06. The number of hydrogen-bond acceptors (Lipinski definition) is 2. The van der Waals surface area contributed by atoms with Gasteiger partial charge in [-0.2, -0.15) is 0 Å². The monoisotopic (exact) mass is 236 g/mol. The van der Waals surface area contributed by atoms with Crippen LogP contribution in [0.4, 0.5) is 0 Å². The fraction of sp³-hybridized carbons (Fsp3) is 0.600. The summed E-state index contributed by atoms with van der Waals surface area (Å²) in [5, 5.41) is 8.80. The molecule has 1 rings (SSSR count). The quantitative estimate of drug-likeness (QED) is 0.664. The van der Waals surface area contributed by atoms with E-state index in [0.29, 0.717) is 0 Å². The molecule has 17 heavy (non-hydrogen) atoms. The van der Waals surface area contributed by atoms with Crippen molar-refractivity contribution in [3.63, 3.8) is 0 Å². The van der Waals surface area contributed by atoms with E-state index >= 15 is 0 Å². The van der Waals surface area contributed by atoms with E-state index in [-0.39, 0.29) is 6.61 Å². The molecule has 0 saturated carbocycles. The summed E-state index contributed by atoms with van der Waals surface area (Å²) in [6.07, 6.45) is 7.05. The largest absolute Gasteiger partial charge is 0.494 e. The maximum atomic E-state index is 8.80. The number of aliphatic hydroxyl groups excluding tert-OH is 1. The summed E-state index contributed by atoms with van der Waals surface area (Å²) >= 11 is 0. The summed E-state index contributed by atoms with van der Waals surface area (Å²) in [4.78, 5) is 0. The van der Waals surface area contributed by atoms with Gasteiger partial charge in [0, 0.05) is 6.61 Å². The van der Waals surface area contributed by atoms with Crippen LogP contribution >= 0.6 is 0 Å². The van der Waals surface area contributed by atoms with Crippen LogP contribution in [0.1, 0.15) is 44.6 Å². The zero-order chi connectivity index (χ0) is 12.3. The first-order valence-corrected chi connectivity index (χ1v) is 6.69. The molecule has 0 fully saturated rings. The van der Waals surface area contributed by atoms with Crippen molar-refractivity contribution >= 4 is 0 Å². The molecular formula is C15H24O2. The second-order valence-electron chi connectivity index (χ2n) is 4.38. The highest BCUT2D eigenvalue weighted by atomic mass is 16.5. The van der Waals surface area contributed by atoms with Gasteiger partial charge in [-0.05, 0) is 30.5 Å². The van der Waals surface area contributed by atoms with Crippen molar-refractivity contribution in [3.05, 3.63) is 29.8 Å². The molecule has 2 heteroatoms. The fourth-order valence-corrected chi connectivity index (χ4v) is 1.78. The van der Waals surface area contributed by atoms with Gasteiger partial charge in [0.2, 0.25) is 0 Å². The van der Waals surface area contributed by atoms with Gasteiger partial charge in [-0.15, -0.1) is 0 Å². The molecule has 0 aliphatic carbocycles. The number of benzene rings is 1. The first-order valence-electron chi connectivity index (χ1n) is 6.69. The molecule has 1 aromatic rings.